The Morgan fingerprint density at radius 1 is 0.745 bits per heavy atom. The number of unbranched alkanes of at least 4 members (excludes halogenated alkanes) is 2. The number of hydrogen-bond acceptors (Lipinski definition) is 12. The first-order chi connectivity index (χ1) is 24.9. The van der Waals surface area contributed by atoms with E-state index in [0.29, 0.717) is 19.4 Å². The van der Waals surface area contributed by atoms with E-state index < -0.39 is 23.1 Å². The maximum Gasteiger partial charge on any atom is 1.00 e. The van der Waals surface area contributed by atoms with Crippen molar-refractivity contribution in [3.8, 4) is 0 Å². The third kappa shape index (κ3) is 14.0. The molecule has 0 bridgehead atoms. The molecule has 55 heavy (non-hydrogen) atoms. The number of carbonyl (C=O) groups excluding carboxylic acids is 3. The van der Waals surface area contributed by atoms with Gasteiger partial charge in [0.2, 0.25) is 11.8 Å². The number of likely N-dealkylation sites (tertiary alicyclic amines) is 2. The number of esters is 1. The minimum Gasteiger partial charge on any atom is -0.870 e. The molecule has 0 atom stereocenters. The third-order valence-corrected chi connectivity index (χ3v) is 9.96. The minimum atomic E-state index is -1.25. The molecule has 0 unspecified atom stereocenters. The number of hydrogen-bond donors (Lipinski definition) is 5. The number of carbonyl (C=O) groups is 4. The van der Waals surface area contributed by atoms with Crippen LogP contribution >= 0.6 is 0 Å². The quantitative estimate of drug-likeness (QED) is 0.0820. The summed E-state index contributed by atoms with van der Waals surface area (Å²) in [5, 5.41) is 35.6. The summed E-state index contributed by atoms with van der Waals surface area (Å²) in [5.74, 6) is 0.564. The number of amides is 2. The predicted octanol–water partition coefficient (Wildman–Crippen LogP) is -1.12. The van der Waals surface area contributed by atoms with Crippen LogP contribution in [-0.2, 0) is 49.6 Å². The van der Waals surface area contributed by atoms with Crippen molar-refractivity contribution in [3.63, 3.8) is 0 Å². The molecule has 300 valence electrons. The van der Waals surface area contributed by atoms with Gasteiger partial charge in [0.25, 0.3) is 0 Å². The predicted molar refractivity (Wildman–Crippen MR) is 199 cm³/mol. The summed E-state index contributed by atoms with van der Waals surface area (Å²) in [4.78, 5) is 58.8. The van der Waals surface area contributed by atoms with Crippen molar-refractivity contribution in [2.45, 2.75) is 108 Å². The monoisotopic (exact) mass is 764 g/mol. The second-order valence-corrected chi connectivity index (χ2v) is 14.6. The van der Waals surface area contributed by atoms with Gasteiger partial charge in [-0.15, -0.1) is 0 Å². The van der Waals surface area contributed by atoms with Crippen molar-refractivity contribution < 1.29 is 69.0 Å². The molecule has 0 spiro atoms. The largest absolute Gasteiger partial charge is 1.00 e. The van der Waals surface area contributed by atoms with Crippen molar-refractivity contribution in [1.29, 1.82) is 0 Å². The number of nitrogens with one attached hydrogen (secondary N) is 2. The van der Waals surface area contributed by atoms with E-state index in [1.54, 1.807) is 11.8 Å². The van der Waals surface area contributed by atoms with Crippen molar-refractivity contribution >= 4 is 35.4 Å². The van der Waals surface area contributed by atoms with Crippen molar-refractivity contribution in [1.82, 2.24) is 19.8 Å². The van der Waals surface area contributed by atoms with Crippen molar-refractivity contribution in [2.75, 3.05) is 56.5 Å². The molecule has 8 N–H and O–H groups in total. The van der Waals surface area contributed by atoms with Gasteiger partial charge in [-0.3, -0.25) is 19.2 Å². The average Bonchev–Trinajstić information content (AvgIpc) is 3.09. The molecular formula is C38H57LiN6O10. The number of anilines is 2. The van der Waals surface area contributed by atoms with Gasteiger partial charge in [0, 0.05) is 37.3 Å². The van der Waals surface area contributed by atoms with Crippen LogP contribution in [0.25, 0.3) is 0 Å². The molecule has 2 amide bonds. The zero-order valence-corrected chi connectivity index (χ0v) is 32.3. The number of rotatable bonds is 15. The van der Waals surface area contributed by atoms with Crippen molar-refractivity contribution in [3.05, 3.63) is 46.8 Å². The molecule has 0 aromatic carbocycles. The van der Waals surface area contributed by atoms with Gasteiger partial charge in [-0.25, -0.2) is 9.97 Å². The fraction of sp³-hybridized carbons (Fsp3) is 0.632. The Hall–Kier alpha value is -3.78. The molecule has 6 heterocycles. The van der Waals surface area contributed by atoms with E-state index in [4.69, 9.17) is 9.84 Å². The zero-order valence-electron chi connectivity index (χ0n) is 32.3. The van der Waals surface area contributed by atoms with Crippen LogP contribution < -0.4 is 29.5 Å². The molecule has 2 aromatic rings. The van der Waals surface area contributed by atoms with Gasteiger partial charge >= 0.3 is 30.8 Å². The first kappa shape index (κ1) is 47.4. The summed E-state index contributed by atoms with van der Waals surface area (Å²) in [7, 11) is 0. The summed E-state index contributed by atoms with van der Waals surface area (Å²) < 4.78 is 4.85. The summed E-state index contributed by atoms with van der Waals surface area (Å²) in [5.41, 5.74) is 2.29. The van der Waals surface area contributed by atoms with Crippen LogP contribution in [0, 0.1) is 0 Å². The first-order valence-corrected chi connectivity index (χ1v) is 18.8. The smallest absolute Gasteiger partial charge is 0.870 e. The number of β-amino-alcohol motifs (C(OH)–C–C–N with tert-alkyl or cyclic N) is 2. The summed E-state index contributed by atoms with van der Waals surface area (Å²) in [6.07, 6.45) is 10.0. The maximum absolute atomic E-state index is 12.2. The van der Waals surface area contributed by atoms with Crippen LogP contribution in [0.2, 0.25) is 0 Å². The number of carboxylic acid groups (broad SMARTS) is 1. The van der Waals surface area contributed by atoms with E-state index in [1.807, 2.05) is 0 Å². The van der Waals surface area contributed by atoms with E-state index in [2.05, 4.69) is 44.9 Å². The van der Waals surface area contributed by atoms with Crippen molar-refractivity contribution in [2.24, 2.45) is 0 Å². The van der Waals surface area contributed by atoms with E-state index >= 15 is 0 Å². The maximum atomic E-state index is 12.2. The third-order valence-electron chi connectivity index (χ3n) is 9.96. The molecule has 6 rings (SSSR count). The van der Waals surface area contributed by atoms with E-state index in [-0.39, 0.29) is 80.6 Å². The minimum absolute atomic E-state index is 0. The fourth-order valence-corrected chi connectivity index (χ4v) is 7.16. The molecule has 0 radical (unpaired) electrons. The number of nitrogens with zero attached hydrogens (tertiary/aromatic N) is 4. The average molecular weight is 765 g/mol. The molecule has 2 aromatic heterocycles. The Balaban J connectivity index is 0.000000361. The first-order valence-electron chi connectivity index (χ1n) is 18.8. The van der Waals surface area contributed by atoms with E-state index in [1.165, 1.54) is 16.0 Å². The Morgan fingerprint density at radius 3 is 1.60 bits per heavy atom. The Bertz CT molecular complexity index is 1580. The molecule has 2 saturated heterocycles. The van der Waals surface area contributed by atoms with E-state index in [9.17, 15) is 29.4 Å². The van der Waals surface area contributed by atoms with Gasteiger partial charge in [0.05, 0.1) is 45.6 Å². The summed E-state index contributed by atoms with van der Waals surface area (Å²) in [6.45, 7) is 4.65. The van der Waals surface area contributed by atoms with Crippen LogP contribution in [0.3, 0.4) is 0 Å². The van der Waals surface area contributed by atoms with Gasteiger partial charge in [0.1, 0.15) is 22.8 Å². The molecule has 0 aliphatic carbocycles. The molecule has 2 fully saturated rings. The number of pyridine rings is 2. The van der Waals surface area contributed by atoms with Crippen LogP contribution in [0.5, 0.6) is 0 Å². The van der Waals surface area contributed by atoms with Crippen LogP contribution in [0.1, 0.15) is 93.6 Å². The number of aromatic nitrogens is 2. The number of fused-ring (bicyclic) bond motifs is 2. The van der Waals surface area contributed by atoms with Crippen LogP contribution in [-0.4, -0.2) is 127 Å². The summed E-state index contributed by atoms with van der Waals surface area (Å²) in [6, 6.07) is 8.44. The Kier molecular flexibility index (Phi) is 19.0. The van der Waals surface area contributed by atoms with Gasteiger partial charge in [-0.05, 0) is 94.4 Å². The number of aliphatic hydroxyl groups is 2. The normalized spacial score (nSPS) is 16.8. The Labute approximate surface area is 334 Å². The van der Waals surface area contributed by atoms with E-state index in [0.717, 1.165) is 100 Å². The molecule has 0 saturated carbocycles. The number of aryl methyl sites for hydroxylation is 4. The molecule has 4 aliphatic rings. The van der Waals surface area contributed by atoms with Gasteiger partial charge in [0.15, 0.2) is 0 Å². The molecule has 17 heteroatoms. The number of ether oxygens (including phenoxy) is 1. The molecule has 4 aliphatic heterocycles. The standard InChI is InChI=1S/C20H29N3O4.C18H25N3O4.Li.2H2O/c1-2-27-18(25)12-20(26)13-23(14-20)17(24)8-4-3-7-16-10-9-15-6-5-11-21-19(15)22-16;22-15(21-11-18(25,12-21)10-16(23)24)6-2-1-5-14-8-7-13-4-3-9-19-17(13)20-14;;;/h9-10,26H,2-8,11-14H2,1H3,(H,21,22);7-8,25H,1-6,9-12H2,(H,19,20)(H,23,24);;2*1H2/q;;+1;;/p-1. The second kappa shape index (κ2) is 22.1. The zero-order chi connectivity index (χ0) is 37.1. The number of carboxylic acids is 1. The topological polar surface area (TPSA) is 256 Å². The van der Waals surface area contributed by atoms with Crippen LogP contribution in [0.15, 0.2) is 24.3 Å². The Morgan fingerprint density at radius 2 is 1.18 bits per heavy atom. The SMILES string of the molecule is CCOC(=O)CC1(O)CN(C(=O)CCCCc2ccc3c(n2)NCCC3)C1.O.O=C(O)CC1(O)CN(C(=O)CCCCc2ccc3c(n2)NCCC3)C1.[Li+].[OH-]. The molecular weight excluding hydrogens is 707 g/mol. The summed E-state index contributed by atoms with van der Waals surface area (Å²) >= 11 is 0. The van der Waals surface area contributed by atoms with Crippen LogP contribution in [0.4, 0.5) is 11.6 Å². The van der Waals surface area contributed by atoms with Gasteiger partial charge < -0.3 is 51.4 Å². The fourth-order valence-electron chi connectivity index (χ4n) is 7.16. The number of aliphatic carboxylic acids is 1. The van der Waals surface area contributed by atoms with Gasteiger partial charge in [-0.2, -0.15) is 0 Å². The second-order valence-electron chi connectivity index (χ2n) is 14.6. The van der Waals surface area contributed by atoms with Gasteiger partial charge in [-0.1, -0.05) is 12.1 Å². The molecule has 16 nitrogen and oxygen atoms in total.